The van der Waals surface area contributed by atoms with Crippen molar-refractivity contribution in [2.75, 3.05) is 5.75 Å². The van der Waals surface area contributed by atoms with E-state index in [0.717, 1.165) is 10.7 Å². The second kappa shape index (κ2) is 5.43. The molecular formula is C13H9NO3S. The SMILES string of the molecule is C#CCSc1ccc(-c2ccc([N+](=O)[O-])cc2)o1. The Hall–Kier alpha value is -2.19. The van der Waals surface area contributed by atoms with E-state index < -0.39 is 4.92 Å². The van der Waals surface area contributed by atoms with Crippen molar-refractivity contribution in [3.8, 4) is 23.7 Å². The summed E-state index contributed by atoms with van der Waals surface area (Å²) in [7, 11) is 0. The zero-order chi connectivity index (χ0) is 13.0. The maximum Gasteiger partial charge on any atom is 0.269 e. The number of thioether (sulfide) groups is 1. The van der Waals surface area contributed by atoms with Crippen LogP contribution in [-0.4, -0.2) is 10.7 Å². The van der Waals surface area contributed by atoms with Crippen LogP contribution >= 0.6 is 11.8 Å². The third kappa shape index (κ3) is 2.73. The molecule has 1 aromatic heterocycles. The molecule has 0 N–H and O–H groups in total. The Morgan fingerprint density at radius 1 is 1.28 bits per heavy atom. The minimum absolute atomic E-state index is 0.0623. The molecule has 2 aromatic rings. The summed E-state index contributed by atoms with van der Waals surface area (Å²) in [6.45, 7) is 0. The topological polar surface area (TPSA) is 56.3 Å². The highest BCUT2D eigenvalue weighted by Crippen LogP contribution is 2.28. The molecule has 0 radical (unpaired) electrons. The standard InChI is InChI=1S/C13H9NO3S/c1-2-9-18-13-8-7-12(17-13)10-3-5-11(6-4-10)14(15)16/h1,3-8H,9H2. The van der Waals surface area contributed by atoms with E-state index in [0.29, 0.717) is 11.5 Å². The van der Waals surface area contributed by atoms with Crippen LogP contribution in [0.15, 0.2) is 45.9 Å². The van der Waals surface area contributed by atoms with Crippen LogP contribution in [-0.2, 0) is 0 Å². The number of benzene rings is 1. The van der Waals surface area contributed by atoms with Gasteiger partial charge in [0.2, 0.25) is 0 Å². The Balaban J connectivity index is 2.18. The highest BCUT2D eigenvalue weighted by atomic mass is 32.2. The molecule has 2 rings (SSSR count). The lowest BCUT2D eigenvalue weighted by Gasteiger charge is -1.96. The Kier molecular flexibility index (Phi) is 3.70. The van der Waals surface area contributed by atoms with Crippen LogP contribution < -0.4 is 0 Å². The minimum atomic E-state index is -0.430. The molecule has 0 saturated carbocycles. The first-order valence-corrected chi connectivity index (χ1v) is 6.10. The van der Waals surface area contributed by atoms with Gasteiger partial charge in [0.05, 0.1) is 10.7 Å². The predicted octanol–water partition coefficient (Wildman–Crippen LogP) is 3.58. The van der Waals surface area contributed by atoms with Gasteiger partial charge < -0.3 is 4.42 Å². The first-order valence-electron chi connectivity index (χ1n) is 5.11. The summed E-state index contributed by atoms with van der Waals surface area (Å²) in [5, 5.41) is 11.3. The van der Waals surface area contributed by atoms with E-state index in [4.69, 9.17) is 10.8 Å². The molecule has 90 valence electrons. The van der Waals surface area contributed by atoms with Crippen LogP contribution in [0.1, 0.15) is 0 Å². The second-order valence-corrected chi connectivity index (χ2v) is 4.40. The van der Waals surface area contributed by atoms with Crippen molar-refractivity contribution in [1.82, 2.24) is 0 Å². The molecule has 18 heavy (non-hydrogen) atoms. The summed E-state index contributed by atoms with van der Waals surface area (Å²) in [5.74, 6) is 3.73. The summed E-state index contributed by atoms with van der Waals surface area (Å²) in [5.41, 5.74) is 0.861. The number of terminal acetylenes is 1. The van der Waals surface area contributed by atoms with E-state index in [1.165, 1.54) is 23.9 Å². The van der Waals surface area contributed by atoms with Crippen LogP contribution in [0.25, 0.3) is 11.3 Å². The van der Waals surface area contributed by atoms with Gasteiger partial charge in [-0.05, 0) is 24.3 Å². The number of hydrogen-bond donors (Lipinski definition) is 0. The van der Waals surface area contributed by atoms with Crippen molar-refractivity contribution in [3.63, 3.8) is 0 Å². The molecule has 4 nitrogen and oxygen atoms in total. The minimum Gasteiger partial charge on any atom is -0.450 e. The largest absolute Gasteiger partial charge is 0.450 e. The average Bonchev–Trinajstić information content (AvgIpc) is 2.85. The van der Waals surface area contributed by atoms with E-state index in [9.17, 15) is 10.1 Å². The Bertz CT molecular complexity index is 595. The molecule has 0 aliphatic carbocycles. The van der Waals surface area contributed by atoms with E-state index in [-0.39, 0.29) is 5.69 Å². The van der Waals surface area contributed by atoms with Gasteiger partial charge >= 0.3 is 0 Å². The molecule has 0 bridgehead atoms. The fourth-order valence-corrected chi connectivity index (χ4v) is 1.95. The molecule has 0 fully saturated rings. The van der Waals surface area contributed by atoms with Gasteiger partial charge in [-0.25, -0.2) is 0 Å². The zero-order valence-electron chi connectivity index (χ0n) is 9.33. The molecule has 1 aromatic carbocycles. The molecule has 0 aliphatic rings. The van der Waals surface area contributed by atoms with E-state index in [1.807, 2.05) is 12.1 Å². The first kappa shape index (κ1) is 12.3. The van der Waals surface area contributed by atoms with Gasteiger partial charge in [0.1, 0.15) is 5.76 Å². The number of rotatable bonds is 4. The number of nitro groups is 1. The highest BCUT2D eigenvalue weighted by Gasteiger charge is 2.08. The Morgan fingerprint density at radius 3 is 2.61 bits per heavy atom. The van der Waals surface area contributed by atoms with Crippen molar-refractivity contribution < 1.29 is 9.34 Å². The van der Waals surface area contributed by atoms with E-state index >= 15 is 0 Å². The van der Waals surface area contributed by atoms with Crippen LogP contribution in [0.4, 0.5) is 5.69 Å². The zero-order valence-corrected chi connectivity index (χ0v) is 10.1. The summed E-state index contributed by atoms with van der Waals surface area (Å²) in [6.07, 6.45) is 5.16. The maximum atomic E-state index is 10.5. The summed E-state index contributed by atoms with van der Waals surface area (Å²) in [4.78, 5) is 10.1. The number of nitrogens with zero attached hydrogens (tertiary/aromatic N) is 1. The third-order valence-electron chi connectivity index (χ3n) is 2.24. The molecule has 1 heterocycles. The number of hydrogen-bond acceptors (Lipinski definition) is 4. The predicted molar refractivity (Wildman–Crippen MR) is 70.4 cm³/mol. The lowest BCUT2D eigenvalue weighted by Crippen LogP contribution is -1.86. The smallest absolute Gasteiger partial charge is 0.269 e. The Morgan fingerprint density at radius 2 is 2.00 bits per heavy atom. The molecule has 0 atom stereocenters. The third-order valence-corrected chi connectivity index (χ3v) is 3.06. The first-order chi connectivity index (χ1) is 8.70. The van der Waals surface area contributed by atoms with Gasteiger partial charge in [0, 0.05) is 17.7 Å². The molecule has 0 unspecified atom stereocenters. The quantitative estimate of drug-likeness (QED) is 0.364. The van der Waals surface area contributed by atoms with Crippen molar-refractivity contribution >= 4 is 17.4 Å². The molecule has 0 aliphatic heterocycles. The van der Waals surface area contributed by atoms with E-state index in [1.54, 1.807) is 12.1 Å². The number of furan rings is 1. The molecule has 0 saturated heterocycles. The molecule has 5 heteroatoms. The number of non-ortho nitro benzene ring substituents is 1. The summed E-state index contributed by atoms with van der Waals surface area (Å²) >= 11 is 1.43. The van der Waals surface area contributed by atoms with Gasteiger partial charge in [-0.15, -0.1) is 6.42 Å². The number of nitro benzene ring substituents is 1. The van der Waals surface area contributed by atoms with Gasteiger partial charge in [-0.3, -0.25) is 10.1 Å². The van der Waals surface area contributed by atoms with Gasteiger partial charge in [0.15, 0.2) is 5.09 Å². The van der Waals surface area contributed by atoms with Gasteiger partial charge in [-0.1, -0.05) is 17.7 Å². The van der Waals surface area contributed by atoms with Gasteiger partial charge in [0.25, 0.3) is 5.69 Å². The fourth-order valence-electron chi connectivity index (χ4n) is 1.41. The normalized spacial score (nSPS) is 9.94. The van der Waals surface area contributed by atoms with Crippen molar-refractivity contribution in [2.24, 2.45) is 0 Å². The average molecular weight is 259 g/mol. The van der Waals surface area contributed by atoms with Crippen molar-refractivity contribution in [1.29, 1.82) is 0 Å². The molecular weight excluding hydrogens is 250 g/mol. The molecule has 0 spiro atoms. The van der Waals surface area contributed by atoms with Crippen LogP contribution in [0.5, 0.6) is 0 Å². The summed E-state index contributed by atoms with van der Waals surface area (Å²) in [6, 6.07) is 9.87. The lowest BCUT2D eigenvalue weighted by molar-refractivity contribution is -0.384. The van der Waals surface area contributed by atoms with Gasteiger partial charge in [-0.2, -0.15) is 0 Å². The fraction of sp³-hybridized carbons (Fsp3) is 0.0769. The monoisotopic (exact) mass is 259 g/mol. The van der Waals surface area contributed by atoms with Crippen molar-refractivity contribution in [3.05, 3.63) is 46.5 Å². The highest BCUT2D eigenvalue weighted by molar-refractivity contribution is 7.99. The van der Waals surface area contributed by atoms with Crippen LogP contribution in [0.3, 0.4) is 0 Å². The van der Waals surface area contributed by atoms with E-state index in [2.05, 4.69) is 5.92 Å². The lowest BCUT2D eigenvalue weighted by atomic mass is 10.1. The van der Waals surface area contributed by atoms with Crippen LogP contribution in [0, 0.1) is 22.5 Å². The second-order valence-electron chi connectivity index (χ2n) is 3.42. The van der Waals surface area contributed by atoms with Crippen molar-refractivity contribution in [2.45, 2.75) is 5.09 Å². The Labute approximate surface area is 108 Å². The van der Waals surface area contributed by atoms with Crippen LogP contribution in [0.2, 0.25) is 0 Å². The maximum absolute atomic E-state index is 10.5. The summed E-state index contributed by atoms with van der Waals surface area (Å²) < 4.78 is 5.57. The molecule has 0 amide bonds.